The normalized spacial score (nSPS) is 26.7. The third kappa shape index (κ3) is 9.72. The lowest BCUT2D eigenvalue weighted by Crippen LogP contribution is -2.61. The first kappa shape index (κ1) is 52.4. The second kappa shape index (κ2) is 21.5. The third-order valence-corrected chi connectivity index (χ3v) is 16.1. The highest BCUT2D eigenvalue weighted by Crippen LogP contribution is 2.65. The molecule has 0 aromatic heterocycles. The van der Waals surface area contributed by atoms with Gasteiger partial charge in [-0.05, 0) is 119 Å². The maximum Gasteiger partial charge on any atom is 0.325 e. The lowest BCUT2D eigenvalue weighted by atomic mass is 9.65. The molecule has 5 aromatic carbocycles. The van der Waals surface area contributed by atoms with Crippen molar-refractivity contribution in [2.24, 2.45) is 11.8 Å². The number of hydrogen-bond donors (Lipinski definition) is 3. The largest absolute Gasteiger partial charge is 0.508 e. The number of quaternary nitrogens is 1. The number of nitrogens with zero attached hydrogens (tertiary/aromatic N) is 3. The van der Waals surface area contributed by atoms with Crippen LogP contribution in [-0.2, 0) is 48.4 Å². The molecule has 0 bridgehead atoms. The molecule has 5 aromatic rings. The quantitative estimate of drug-likeness (QED) is 0.0212. The van der Waals surface area contributed by atoms with Gasteiger partial charge >= 0.3 is 17.9 Å². The first-order valence-corrected chi connectivity index (χ1v) is 26.8. The van der Waals surface area contributed by atoms with Gasteiger partial charge in [-0.1, -0.05) is 97.6 Å². The van der Waals surface area contributed by atoms with Crippen molar-refractivity contribution >= 4 is 63.9 Å². The molecule has 5 aliphatic heterocycles. The van der Waals surface area contributed by atoms with E-state index < -0.39 is 83.4 Å². The van der Waals surface area contributed by atoms with E-state index in [1.165, 1.54) is 23.1 Å². The van der Waals surface area contributed by atoms with Crippen LogP contribution >= 0.6 is 22.6 Å². The van der Waals surface area contributed by atoms with Crippen LogP contribution < -0.4 is 15.4 Å². The number of carbonyl (C=O) groups is 6. The third-order valence-electron chi connectivity index (χ3n) is 15.4. The Bertz CT molecular complexity index is 3030. The van der Waals surface area contributed by atoms with Gasteiger partial charge in [0.05, 0.1) is 51.7 Å². The number of morpholine rings is 1. The van der Waals surface area contributed by atoms with Crippen LogP contribution in [0.4, 0.5) is 5.69 Å². The Kier molecular flexibility index (Phi) is 14.8. The minimum atomic E-state index is -1.71. The number of phenols is 1. The maximum atomic E-state index is 15.2. The van der Waals surface area contributed by atoms with E-state index in [9.17, 15) is 29.1 Å². The lowest BCUT2D eigenvalue weighted by Gasteiger charge is -2.46. The number of halogens is 1. The first-order valence-electron chi connectivity index (χ1n) is 25.7. The highest BCUT2D eigenvalue weighted by molar-refractivity contribution is 14.1. The van der Waals surface area contributed by atoms with Crippen LogP contribution in [0.1, 0.15) is 77.7 Å². The Morgan fingerprint density at radius 3 is 2.16 bits per heavy atom. The van der Waals surface area contributed by atoms with Crippen LogP contribution in [0.5, 0.6) is 11.5 Å². The number of anilines is 1. The van der Waals surface area contributed by atoms with Crippen molar-refractivity contribution < 1.29 is 57.3 Å². The number of phenolic OH excluding ortho intramolecular Hbond substituents is 1. The maximum absolute atomic E-state index is 15.2. The zero-order chi connectivity index (χ0) is 53.5. The van der Waals surface area contributed by atoms with Crippen LogP contribution in [0.15, 0.2) is 140 Å². The lowest BCUT2D eigenvalue weighted by molar-refractivity contribution is -0.870. The molecular formula is C59H61IN5O11+. The summed E-state index contributed by atoms with van der Waals surface area (Å²) in [6, 6.07) is 32.6. The Morgan fingerprint density at radius 2 is 1.47 bits per heavy atom. The number of amides is 3. The van der Waals surface area contributed by atoms with E-state index in [4.69, 9.17) is 18.9 Å². The molecule has 4 fully saturated rings. The van der Waals surface area contributed by atoms with E-state index in [0.29, 0.717) is 34.5 Å². The summed E-state index contributed by atoms with van der Waals surface area (Å²) < 4.78 is 25.9. The van der Waals surface area contributed by atoms with Gasteiger partial charge in [0, 0.05) is 9.26 Å². The average Bonchev–Trinajstić information content (AvgIpc) is 4.27. The first-order chi connectivity index (χ1) is 36.6. The Hall–Kier alpha value is -7.09. The molecule has 16 nitrogen and oxygen atoms in total. The van der Waals surface area contributed by atoms with Crippen molar-refractivity contribution in [1.29, 1.82) is 0 Å². The molecule has 76 heavy (non-hydrogen) atoms. The van der Waals surface area contributed by atoms with Gasteiger partial charge in [-0.2, -0.15) is 0 Å². The van der Waals surface area contributed by atoms with Gasteiger partial charge in [0.2, 0.25) is 17.7 Å². The SMILES string of the molecule is C=CCOC(=O)[C@@H]1[C@H]2C(=O)O[C@H](c3ccccc3)[C@H](c3ccccc3)N2[C@H](c2ccc(OCCOC(=O)[C@H]3C[C@H]4C(=O)N[C@@H](CCCC[N+](C)(C)C)C(=O)N4[C@H]3c3ccc(O)cc3)cc2)[C@@]12C(=O)Nc1ccc(I)cc12. The monoisotopic (exact) mass is 1140 g/mol. The molecule has 10 rings (SSSR count). The molecule has 0 unspecified atom stereocenters. The fourth-order valence-corrected chi connectivity index (χ4v) is 12.7. The van der Waals surface area contributed by atoms with Crippen LogP contribution in [0, 0.1) is 15.4 Å². The number of esters is 3. The molecule has 10 atom stereocenters. The van der Waals surface area contributed by atoms with Crippen molar-refractivity contribution in [3.63, 3.8) is 0 Å². The average molecular weight is 1140 g/mol. The Balaban J connectivity index is 0.932. The van der Waals surface area contributed by atoms with E-state index in [-0.39, 0.29) is 43.8 Å². The molecule has 0 aliphatic carbocycles. The number of benzene rings is 5. The number of carbonyl (C=O) groups excluding carboxylic acids is 6. The summed E-state index contributed by atoms with van der Waals surface area (Å²) in [5, 5.41) is 16.1. The van der Waals surface area contributed by atoms with Crippen LogP contribution in [0.25, 0.3) is 0 Å². The standard InChI is InChI=1S/C59H60IN5O11/c1-5-30-74-56(70)47-50-57(71)76-51(37-16-10-7-11-17-37)49(35-14-8-6-9-15-35)64(50)52(59(47)43-33-39(60)23-28-44(43)62-58(59)72)38-21-26-41(27-22-38)73-31-32-75-55(69)42-34-46-53(67)61-45(18-12-13-29-65(2,3)4)54(68)63(46)48(42)36-19-24-40(66)25-20-36/h5-11,14-17,19-28,33,42,45-52H,1,12-13,18,29-32,34H2,2-4H3,(H2-,61,62,66,67,72)/p+1/t42-,45-,46-,47-,48-,49-,50-,51+,52+,59-/m0/s1. The van der Waals surface area contributed by atoms with Gasteiger partial charge < -0.3 is 44.1 Å². The number of unbranched alkanes of at least 4 members (excludes halogenated alkanes) is 1. The summed E-state index contributed by atoms with van der Waals surface area (Å²) in [6.45, 7) is 4.29. The van der Waals surface area contributed by atoms with E-state index in [1.54, 1.807) is 30.3 Å². The molecule has 3 amide bonds. The zero-order valence-corrected chi connectivity index (χ0v) is 44.7. The van der Waals surface area contributed by atoms with E-state index in [1.807, 2.05) is 89.8 Å². The fourth-order valence-electron chi connectivity index (χ4n) is 12.2. The summed E-state index contributed by atoms with van der Waals surface area (Å²) in [7, 11) is 6.32. The van der Waals surface area contributed by atoms with Crippen molar-refractivity contribution in [2.45, 2.75) is 73.5 Å². The molecule has 4 saturated heterocycles. The predicted molar refractivity (Wildman–Crippen MR) is 288 cm³/mol. The summed E-state index contributed by atoms with van der Waals surface area (Å²) in [5.41, 5.74) is 2.08. The second-order valence-corrected chi connectivity index (χ2v) is 22.4. The van der Waals surface area contributed by atoms with Crippen LogP contribution in [0.2, 0.25) is 0 Å². The predicted octanol–water partition coefficient (Wildman–Crippen LogP) is 7.25. The van der Waals surface area contributed by atoms with Gasteiger partial charge in [-0.3, -0.25) is 33.7 Å². The smallest absolute Gasteiger partial charge is 0.325 e. The molecule has 3 N–H and O–H groups in total. The van der Waals surface area contributed by atoms with Gasteiger partial charge in [-0.15, -0.1) is 0 Å². The summed E-state index contributed by atoms with van der Waals surface area (Å²) in [5.74, 6) is -4.88. The Morgan fingerprint density at radius 1 is 0.803 bits per heavy atom. The minimum Gasteiger partial charge on any atom is -0.508 e. The Labute approximate surface area is 455 Å². The minimum absolute atomic E-state index is 0.0222. The highest BCUT2D eigenvalue weighted by Gasteiger charge is 2.74. The van der Waals surface area contributed by atoms with Crippen LogP contribution in [-0.4, -0.2) is 121 Å². The number of rotatable bonds is 17. The second-order valence-electron chi connectivity index (χ2n) is 21.1. The number of fused-ring (bicyclic) bond motifs is 4. The molecule has 1 spiro atoms. The van der Waals surface area contributed by atoms with Crippen LogP contribution in [0.3, 0.4) is 0 Å². The van der Waals surface area contributed by atoms with Crippen molar-refractivity contribution in [3.05, 3.63) is 171 Å². The number of piperazine rings is 1. The van der Waals surface area contributed by atoms with Crippen molar-refractivity contribution in [2.75, 3.05) is 52.8 Å². The summed E-state index contributed by atoms with van der Waals surface area (Å²) >= 11 is 2.18. The number of cyclic esters (lactones) is 1. The summed E-state index contributed by atoms with van der Waals surface area (Å²) in [4.78, 5) is 90.4. The van der Waals surface area contributed by atoms with E-state index >= 15 is 4.79 Å². The van der Waals surface area contributed by atoms with Crippen molar-refractivity contribution in [1.82, 2.24) is 15.1 Å². The van der Waals surface area contributed by atoms with Gasteiger partial charge in [0.1, 0.15) is 66.9 Å². The molecule has 17 heteroatoms. The van der Waals surface area contributed by atoms with Crippen molar-refractivity contribution in [3.8, 4) is 11.5 Å². The topological polar surface area (TPSA) is 190 Å². The van der Waals surface area contributed by atoms with E-state index in [2.05, 4.69) is 60.9 Å². The number of ether oxygens (including phenoxy) is 4. The highest BCUT2D eigenvalue weighted by atomic mass is 127. The molecule has 0 saturated carbocycles. The summed E-state index contributed by atoms with van der Waals surface area (Å²) in [6.07, 6.45) is 2.74. The fraction of sp³-hybridized carbons (Fsp3) is 0.356. The number of hydrogen-bond acceptors (Lipinski definition) is 12. The molecule has 0 radical (unpaired) electrons. The van der Waals surface area contributed by atoms with Gasteiger partial charge in [-0.25, -0.2) is 0 Å². The number of nitrogens with one attached hydrogen (secondary N) is 2. The molecule has 5 heterocycles. The molecule has 394 valence electrons. The van der Waals surface area contributed by atoms with Gasteiger partial charge in [0.25, 0.3) is 0 Å². The molecular weight excluding hydrogens is 1080 g/mol. The van der Waals surface area contributed by atoms with Gasteiger partial charge in [0.15, 0.2) is 0 Å². The molecule has 5 aliphatic rings. The zero-order valence-electron chi connectivity index (χ0n) is 42.5. The van der Waals surface area contributed by atoms with E-state index in [0.717, 1.165) is 38.6 Å². The number of aromatic hydroxyl groups is 1.